The maximum absolute atomic E-state index is 12.9. The molecular weight excluding hydrogens is 566 g/mol. The molecule has 4 atom stereocenters. The van der Waals surface area contributed by atoms with Gasteiger partial charge in [-0.15, -0.1) is 0 Å². The highest BCUT2D eigenvalue weighted by molar-refractivity contribution is 6.74. The molecule has 0 spiro atoms. The van der Waals surface area contributed by atoms with Crippen molar-refractivity contribution >= 4 is 31.3 Å². The zero-order valence-corrected chi connectivity index (χ0v) is 27.4. The molecule has 0 bridgehead atoms. The predicted molar refractivity (Wildman–Crippen MR) is 166 cm³/mol. The molecule has 1 saturated heterocycles. The molecule has 1 aliphatic carbocycles. The number of anilines is 1. The van der Waals surface area contributed by atoms with E-state index in [1.54, 1.807) is 18.4 Å². The smallest absolute Gasteiger partial charge is 0.280 e. The quantitative estimate of drug-likeness (QED) is 0.275. The standard InChI is InChI=1S/C31H45N5O6Si/c1-9-31(30(15-16-30)42-43(7,8)29(4,5)6)23(40-17-20-13-11-10-12-14-20)22(37)27(41-31)36-18-32-21-24(36)33-28(35-26(21)39)34-25(38)19(2)3/h10-14,18-19,22-23,27,37H,9,15-17H2,1-8H3,(H2,33,34,35,38,39)/t22?,23-,27-,31-/m1/s1. The van der Waals surface area contributed by atoms with E-state index in [4.69, 9.17) is 13.9 Å². The van der Waals surface area contributed by atoms with E-state index in [9.17, 15) is 14.7 Å². The third kappa shape index (κ3) is 5.59. The lowest BCUT2D eigenvalue weighted by atomic mass is 9.84. The van der Waals surface area contributed by atoms with E-state index in [0.717, 1.165) is 18.4 Å². The molecular formula is C31H45N5O6Si. The molecule has 11 nitrogen and oxygen atoms in total. The van der Waals surface area contributed by atoms with Gasteiger partial charge in [-0.05, 0) is 43.0 Å². The van der Waals surface area contributed by atoms with Crippen LogP contribution in [0.5, 0.6) is 0 Å². The minimum absolute atomic E-state index is 0.00370. The zero-order valence-electron chi connectivity index (χ0n) is 26.4. The summed E-state index contributed by atoms with van der Waals surface area (Å²) in [5.74, 6) is -0.596. The van der Waals surface area contributed by atoms with Gasteiger partial charge in [-0.2, -0.15) is 4.98 Å². The van der Waals surface area contributed by atoms with Gasteiger partial charge in [0.2, 0.25) is 11.9 Å². The fourth-order valence-electron chi connectivity index (χ4n) is 5.76. The zero-order chi connectivity index (χ0) is 31.4. The van der Waals surface area contributed by atoms with E-state index in [1.807, 2.05) is 37.3 Å². The molecule has 1 amide bonds. The van der Waals surface area contributed by atoms with E-state index in [1.165, 1.54) is 6.33 Å². The average Bonchev–Trinajstić information content (AvgIpc) is 3.48. The van der Waals surface area contributed by atoms with Gasteiger partial charge < -0.3 is 19.0 Å². The lowest BCUT2D eigenvalue weighted by Gasteiger charge is -2.47. The maximum atomic E-state index is 12.9. The van der Waals surface area contributed by atoms with Crippen molar-refractivity contribution in [3.05, 3.63) is 52.6 Å². The molecule has 5 rings (SSSR count). The number of amides is 1. The third-order valence-corrected chi connectivity index (χ3v) is 13.9. The molecule has 3 heterocycles. The molecule has 43 heavy (non-hydrogen) atoms. The van der Waals surface area contributed by atoms with Crippen LogP contribution < -0.4 is 10.9 Å². The topological polar surface area (TPSA) is 141 Å². The first-order valence-corrected chi connectivity index (χ1v) is 18.0. The first kappa shape index (κ1) is 31.5. The summed E-state index contributed by atoms with van der Waals surface area (Å²) >= 11 is 0. The van der Waals surface area contributed by atoms with Crippen molar-refractivity contribution in [1.82, 2.24) is 19.5 Å². The van der Waals surface area contributed by atoms with Crippen LogP contribution in [0.15, 0.2) is 41.5 Å². The Hall–Kier alpha value is -2.90. The summed E-state index contributed by atoms with van der Waals surface area (Å²) in [7, 11) is -2.25. The Morgan fingerprint density at radius 2 is 1.93 bits per heavy atom. The molecule has 0 radical (unpaired) electrons. The van der Waals surface area contributed by atoms with Crippen LogP contribution in [0.2, 0.25) is 18.1 Å². The number of aromatic amines is 1. The van der Waals surface area contributed by atoms with Crippen molar-refractivity contribution in [3.8, 4) is 0 Å². The molecule has 3 aromatic rings. The van der Waals surface area contributed by atoms with Crippen molar-refractivity contribution in [1.29, 1.82) is 0 Å². The highest BCUT2D eigenvalue weighted by Gasteiger charge is 2.72. The van der Waals surface area contributed by atoms with Gasteiger partial charge in [-0.25, -0.2) is 4.98 Å². The number of nitrogens with zero attached hydrogens (tertiary/aromatic N) is 3. The van der Waals surface area contributed by atoms with Gasteiger partial charge in [0.15, 0.2) is 25.7 Å². The summed E-state index contributed by atoms with van der Waals surface area (Å²) in [4.78, 5) is 36.7. The summed E-state index contributed by atoms with van der Waals surface area (Å²) in [6.07, 6.45) is 0.714. The molecule has 2 aliphatic rings. The number of hydrogen-bond donors (Lipinski definition) is 3. The molecule has 12 heteroatoms. The Kier molecular flexibility index (Phi) is 8.23. The molecule has 1 aliphatic heterocycles. The van der Waals surface area contributed by atoms with Gasteiger partial charge in [0.1, 0.15) is 17.8 Å². The normalized spacial score (nSPS) is 25.4. The van der Waals surface area contributed by atoms with Gasteiger partial charge >= 0.3 is 0 Å². The summed E-state index contributed by atoms with van der Waals surface area (Å²) in [6.45, 7) is 16.9. The van der Waals surface area contributed by atoms with Crippen molar-refractivity contribution in [2.75, 3.05) is 5.32 Å². The Morgan fingerprint density at radius 1 is 1.26 bits per heavy atom. The second-order valence-corrected chi connectivity index (χ2v) is 18.4. The lowest BCUT2D eigenvalue weighted by molar-refractivity contribution is -0.184. The number of H-pyrrole nitrogens is 1. The number of benzene rings is 1. The molecule has 1 saturated carbocycles. The van der Waals surface area contributed by atoms with Crippen molar-refractivity contribution in [2.45, 2.75) is 115 Å². The van der Waals surface area contributed by atoms with Crippen LogP contribution in [0.25, 0.3) is 11.2 Å². The minimum Gasteiger partial charge on any atom is -0.408 e. The number of rotatable bonds is 10. The van der Waals surface area contributed by atoms with Crippen LogP contribution in [-0.4, -0.2) is 62.3 Å². The summed E-state index contributed by atoms with van der Waals surface area (Å²) in [5.41, 5.74) is -0.879. The summed E-state index contributed by atoms with van der Waals surface area (Å²) in [5, 5.41) is 14.6. The Labute approximate surface area is 253 Å². The number of hydrogen-bond acceptors (Lipinski definition) is 8. The monoisotopic (exact) mass is 611 g/mol. The molecule has 2 aromatic heterocycles. The Bertz CT molecular complexity index is 1530. The number of carbonyl (C=O) groups is 1. The Balaban J connectivity index is 1.57. The van der Waals surface area contributed by atoms with E-state index >= 15 is 0 Å². The van der Waals surface area contributed by atoms with Crippen LogP contribution >= 0.6 is 0 Å². The highest BCUT2D eigenvalue weighted by atomic mass is 28.4. The minimum atomic E-state index is -2.25. The van der Waals surface area contributed by atoms with Crippen LogP contribution in [0.4, 0.5) is 5.95 Å². The number of ether oxygens (including phenoxy) is 2. The van der Waals surface area contributed by atoms with Gasteiger partial charge in [0.05, 0.1) is 18.5 Å². The summed E-state index contributed by atoms with van der Waals surface area (Å²) in [6, 6.07) is 9.83. The second-order valence-electron chi connectivity index (χ2n) is 13.7. The van der Waals surface area contributed by atoms with Crippen LogP contribution in [0.3, 0.4) is 0 Å². The Morgan fingerprint density at radius 3 is 2.51 bits per heavy atom. The second kappa shape index (κ2) is 11.2. The number of aromatic nitrogens is 4. The lowest BCUT2D eigenvalue weighted by Crippen LogP contribution is -2.60. The number of imidazole rings is 1. The number of carbonyl (C=O) groups excluding carboxylic acids is 1. The number of aliphatic hydroxyl groups is 1. The summed E-state index contributed by atoms with van der Waals surface area (Å²) < 4.78 is 22.3. The molecule has 234 valence electrons. The number of fused-ring (bicyclic) bond motifs is 1. The van der Waals surface area contributed by atoms with Gasteiger partial charge in [-0.3, -0.25) is 24.5 Å². The maximum Gasteiger partial charge on any atom is 0.280 e. The van der Waals surface area contributed by atoms with Gasteiger partial charge in [0, 0.05) is 5.92 Å². The van der Waals surface area contributed by atoms with E-state index in [2.05, 4.69) is 54.1 Å². The highest BCUT2D eigenvalue weighted by Crippen LogP contribution is 2.61. The SMILES string of the molecule is CC[C@@]1(C2(O[Si](C)(C)C(C)(C)C)CC2)O[C@@H](n2cnc3c(=O)[nH]c(NC(=O)C(C)C)nc32)C(O)[C@H]1OCc1ccccc1. The van der Waals surface area contributed by atoms with Crippen LogP contribution in [0, 0.1) is 5.92 Å². The predicted octanol–water partition coefficient (Wildman–Crippen LogP) is 4.89. The van der Waals surface area contributed by atoms with E-state index in [-0.39, 0.29) is 40.6 Å². The first-order valence-electron chi connectivity index (χ1n) is 15.1. The van der Waals surface area contributed by atoms with Crippen LogP contribution in [-0.2, 0) is 25.3 Å². The van der Waals surface area contributed by atoms with Gasteiger partial charge in [0.25, 0.3) is 5.56 Å². The fraction of sp³-hybridized carbons (Fsp3) is 0.613. The van der Waals surface area contributed by atoms with Crippen molar-refractivity contribution < 1.29 is 23.8 Å². The van der Waals surface area contributed by atoms with Crippen LogP contribution in [0.1, 0.15) is 72.6 Å². The molecule has 3 N–H and O–H groups in total. The third-order valence-electron chi connectivity index (χ3n) is 9.40. The van der Waals surface area contributed by atoms with E-state index in [0.29, 0.717) is 6.42 Å². The van der Waals surface area contributed by atoms with Crippen molar-refractivity contribution in [3.63, 3.8) is 0 Å². The largest absolute Gasteiger partial charge is 0.408 e. The number of nitrogens with one attached hydrogen (secondary N) is 2. The van der Waals surface area contributed by atoms with Gasteiger partial charge in [-0.1, -0.05) is 71.9 Å². The molecule has 1 aromatic carbocycles. The average molecular weight is 612 g/mol. The number of aliphatic hydroxyl groups excluding tert-OH is 1. The van der Waals surface area contributed by atoms with E-state index < -0.39 is 43.5 Å². The first-order chi connectivity index (χ1) is 20.1. The molecule has 2 fully saturated rings. The van der Waals surface area contributed by atoms with Crippen molar-refractivity contribution in [2.24, 2.45) is 5.92 Å². The fourth-order valence-corrected chi connectivity index (χ4v) is 7.42. The molecule has 1 unspecified atom stereocenters.